The largest absolute Gasteiger partial charge is 0.481 e. The molecule has 1 aromatic heterocycles. The minimum Gasteiger partial charge on any atom is -0.481 e. The molecule has 0 saturated heterocycles. The number of aliphatic carboxylic acids is 1. The number of aromatic nitrogens is 2. The number of nitrogens with one attached hydrogen (secondary N) is 1. The smallest absolute Gasteiger partial charge is 0.308 e. The fraction of sp³-hybridized carbons (Fsp3) is 0.545. The van der Waals surface area contributed by atoms with Crippen LogP contribution in [0.3, 0.4) is 0 Å². The molecule has 0 amide bonds. The predicted octanol–water partition coefficient (Wildman–Crippen LogP) is 0.493. The summed E-state index contributed by atoms with van der Waals surface area (Å²) in [5, 5.41) is 8.65. The number of hydrogen-bond acceptors (Lipinski definition) is 4. The van der Waals surface area contributed by atoms with Crippen LogP contribution in [0.5, 0.6) is 0 Å². The highest BCUT2D eigenvalue weighted by molar-refractivity contribution is 5.71. The Morgan fingerprint density at radius 1 is 1.65 bits per heavy atom. The number of nitrogen functional groups attached to an aromatic ring is 1. The first-order chi connectivity index (χ1) is 7.81. The highest BCUT2D eigenvalue weighted by atomic mass is 16.4. The Balaban J connectivity index is 2.36. The lowest BCUT2D eigenvalue weighted by molar-refractivity contribution is -0.136. The number of anilines is 1. The monoisotopic (exact) mass is 237 g/mol. The molecule has 1 heterocycles. The van der Waals surface area contributed by atoms with E-state index in [4.69, 9.17) is 10.8 Å². The van der Waals surface area contributed by atoms with E-state index in [9.17, 15) is 9.59 Å². The maximum Gasteiger partial charge on any atom is 0.308 e. The van der Waals surface area contributed by atoms with Gasteiger partial charge in [-0.15, -0.1) is 0 Å². The predicted molar refractivity (Wildman–Crippen MR) is 61.7 cm³/mol. The maximum atomic E-state index is 11.7. The molecule has 0 aliphatic heterocycles. The fourth-order valence-electron chi connectivity index (χ4n) is 1.95. The first-order valence-electron chi connectivity index (χ1n) is 5.41. The lowest BCUT2D eigenvalue weighted by Crippen LogP contribution is -2.22. The van der Waals surface area contributed by atoms with Crippen LogP contribution in [-0.2, 0) is 11.2 Å². The molecule has 1 aliphatic carbocycles. The number of aromatic amines is 1. The minimum absolute atomic E-state index is 0.0221. The van der Waals surface area contributed by atoms with Crippen molar-refractivity contribution in [3.63, 3.8) is 0 Å². The number of carboxylic acid groups (broad SMARTS) is 1. The van der Waals surface area contributed by atoms with Crippen LogP contribution in [0.25, 0.3) is 0 Å². The summed E-state index contributed by atoms with van der Waals surface area (Å²) in [6, 6.07) is 0. The number of hydrogen-bond donors (Lipinski definition) is 3. The Morgan fingerprint density at radius 3 is 2.65 bits per heavy atom. The number of carbonyl (C=O) groups is 1. The van der Waals surface area contributed by atoms with Gasteiger partial charge in [-0.25, -0.2) is 4.98 Å². The third kappa shape index (κ3) is 2.15. The van der Waals surface area contributed by atoms with Crippen LogP contribution in [0, 0.1) is 5.41 Å². The van der Waals surface area contributed by atoms with E-state index in [2.05, 4.69) is 23.8 Å². The molecule has 1 fully saturated rings. The molecule has 17 heavy (non-hydrogen) atoms. The van der Waals surface area contributed by atoms with E-state index in [1.165, 1.54) is 0 Å². The second-order valence-electron chi connectivity index (χ2n) is 5.13. The molecular formula is C11H15N3O3. The zero-order valence-corrected chi connectivity index (χ0v) is 9.78. The van der Waals surface area contributed by atoms with Crippen molar-refractivity contribution in [1.82, 2.24) is 9.97 Å². The van der Waals surface area contributed by atoms with Gasteiger partial charge >= 0.3 is 5.97 Å². The summed E-state index contributed by atoms with van der Waals surface area (Å²) in [6.07, 6.45) is 0.552. The molecule has 1 unspecified atom stereocenters. The molecule has 1 aliphatic rings. The van der Waals surface area contributed by atoms with E-state index in [1.807, 2.05) is 0 Å². The SMILES string of the molecule is CC1(C)CC1c1nc(N)c(CC(=O)O)c(=O)[nH]1. The van der Waals surface area contributed by atoms with Crippen LogP contribution >= 0.6 is 0 Å². The van der Waals surface area contributed by atoms with E-state index in [-0.39, 0.29) is 22.7 Å². The molecule has 4 N–H and O–H groups in total. The Labute approximate surface area is 97.9 Å². The van der Waals surface area contributed by atoms with E-state index in [0.717, 1.165) is 6.42 Å². The number of rotatable bonds is 3. The number of H-pyrrole nitrogens is 1. The van der Waals surface area contributed by atoms with Crippen LogP contribution in [0.1, 0.15) is 37.6 Å². The van der Waals surface area contributed by atoms with E-state index in [1.54, 1.807) is 0 Å². The molecule has 0 aromatic carbocycles. The molecule has 2 rings (SSSR count). The van der Waals surface area contributed by atoms with Crippen LogP contribution in [0.15, 0.2) is 4.79 Å². The van der Waals surface area contributed by atoms with Gasteiger partial charge < -0.3 is 15.8 Å². The summed E-state index contributed by atoms with van der Waals surface area (Å²) >= 11 is 0. The highest BCUT2D eigenvalue weighted by Crippen LogP contribution is 2.57. The van der Waals surface area contributed by atoms with E-state index in [0.29, 0.717) is 5.82 Å². The molecule has 1 saturated carbocycles. The topological polar surface area (TPSA) is 109 Å². The zero-order chi connectivity index (χ0) is 12.8. The maximum absolute atomic E-state index is 11.7. The van der Waals surface area contributed by atoms with Crippen molar-refractivity contribution in [2.45, 2.75) is 32.6 Å². The molecular weight excluding hydrogens is 222 g/mol. The molecule has 1 atom stereocenters. The second kappa shape index (κ2) is 3.58. The minimum atomic E-state index is -1.09. The van der Waals surface area contributed by atoms with Gasteiger partial charge in [-0.05, 0) is 11.8 Å². The van der Waals surface area contributed by atoms with Crippen LogP contribution in [-0.4, -0.2) is 21.0 Å². The summed E-state index contributed by atoms with van der Waals surface area (Å²) in [5.74, 6) is -0.305. The van der Waals surface area contributed by atoms with Crippen LogP contribution in [0.2, 0.25) is 0 Å². The second-order valence-corrected chi connectivity index (χ2v) is 5.13. The quantitative estimate of drug-likeness (QED) is 0.709. The van der Waals surface area contributed by atoms with E-state index < -0.39 is 17.9 Å². The average molecular weight is 237 g/mol. The molecule has 6 heteroatoms. The van der Waals surface area contributed by atoms with E-state index >= 15 is 0 Å². The van der Waals surface area contributed by atoms with Gasteiger partial charge in [-0.3, -0.25) is 9.59 Å². The van der Waals surface area contributed by atoms with Gasteiger partial charge in [-0.2, -0.15) is 0 Å². The summed E-state index contributed by atoms with van der Waals surface area (Å²) in [4.78, 5) is 29.0. The zero-order valence-electron chi connectivity index (χ0n) is 9.78. The Hall–Kier alpha value is -1.85. The number of nitrogens with two attached hydrogens (primary N) is 1. The Kier molecular flexibility index (Phi) is 2.45. The molecule has 92 valence electrons. The van der Waals surface area contributed by atoms with Crippen molar-refractivity contribution >= 4 is 11.8 Å². The standard InChI is InChI=1S/C11H15N3O3/c1-11(2)4-6(11)9-13-8(12)5(3-7(15)16)10(17)14-9/h6H,3-4H2,1-2H3,(H,15,16)(H3,12,13,14,17). The first kappa shape index (κ1) is 11.6. The third-order valence-electron chi connectivity index (χ3n) is 3.24. The van der Waals surface area contributed by atoms with Crippen molar-refractivity contribution in [3.8, 4) is 0 Å². The van der Waals surface area contributed by atoms with Crippen molar-refractivity contribution in [2.75, 3.05) is 5.73 Å². The van der Waals surface area contributed by atoms with Gasteiger partial charge in [0.2, 0.25) is 0 Å². The normalized spacial score (nSPS) is 21.2. The fourth-order valence-corrected chi connectivity index (χ4v) is 1.95. The van der Waals surface area contributed by atoms with Gasteiger partial charge in [0, 0.05) is 5.92 Å². The molecule has 0 bridgehead atoms. The molecule has 0 radical (unpaired) electrons. The summed E-state index contributed by atoms with van der Waals surface area (Å²) in [6.45, 7) is 4.16. The summed E-state index contributed by atoms with van der Waals surface area (Å²) in [7, 11) is 0. The van der Waals surface area contributed by atoms with Crippen molar-refractivity contribution < 1.29 is 9.90 Å². The Morgan fingerprint density at radius 2 is 2.24 bits per heavy atom. The van der Waals surface area contributed by atoms with Crippen LogP contribution in [0.4, 0.5) is 5.82 Å². The lowest BCUT2D eigenvalue weighted by atomic mass is 10.1. The van der Waals surface area contributed by atoms with Crippen molar-refractivity contribution in [1.29, 1.82) is 0 Å². The molecule has 1 aromatic rings. The van der Waals surface area contributed by atoms with Gasteiger partial charge in [0.15, 0.2) is 0 Å². The third-order valence-corrected chi connectivity index (χ3v) is 3.24. The summed E-state index contributed by atoms with van der Waals surface area (Å²) < 4.78 is 0. The number of nitrogens with zero attached hydrogens (tertiary/aromatic N) is 1. The Bertz CT molecular complexity index is 533. The van der Waals surface area contributed by atoms with Crippen LogP contribution < -0.4 is 11.3 Å². The average Bonchev–Trinajstić information content (AvgIpc) is 2.81. The summed E-state index contributed by atoms with van der Waals surface area (Å²) in [5.41, 5.74) is 5.35. The molecule has 6 nitrogen and oxygen atoms in total. The van der Waals surface area contributed by atoms with Gasteiger partial charge in [-0.1, -0.05) is 13.8 Å². The highest BCUT2D eigenvalue weighted by Gasteiger charge is 2.48. The number of carboxylic acids is 1. The van der Waals surface area contributed by atoms with Crippen molar-refractivity contribution in [2.24, 2.45) is 5.41 Å². The first-order valence-corrected chi connectivity index (χ1v) is 5.41. The van der Waals surface area contributed by atoms with Gasteiger partial charge in [0.1, 0.15) is 11.6 Å². The molecule has 0 spiro atoms. The van der Waals surface area contributed by atoms with Crippen molar-refractivity contribution in [3.05, 3.63) is 21.7 Å². The lowest BCUT2D eigenvalue weighted by Gasteiger charge is -2.06. The van der Waals surface area contributed by atoms with Gasteiger partial charge in [0.25, 0.3) is 5.56 Å². The van der Waals surface area contributed by atoms with Gasteiger partial charge in [0.05, 0.1) is 12.0 Å².